The van der Waals surface area contributed by atoms with Crippen molar-refractivity contribution in [1.29, 1.82) is 0 Å². The van der Waals surface area contributed by atoms with Gasteiger partial charge in [-0.15, -0.1) is 0 Å². The maximum Gasteiger partial charge on any atom is 0.313 e. The van der Waals surface area contributed by atoms with Gasteiger partial charge in [-0.1, -0.05) is 37.3 Å². The van der Waals surface area contributed by atoms with E-state index in [0.29, 0.717) is 0 Å². The van der Waals surface area contributed by atoms with Gasteiger partial charge in [0, 0.05) is 0 Å². The SMILES string of the molecule is CC(CC(=O)OC=O)c1ccccc1. The molecule has 0 heterocycles. The summed E-state index contributed by atoms with van der Waals surface area (Å²) in [6.07, 6.45) is 0.225. The number of carbonyl (C=O) groups is 2. The van der Waals surface area contributed by atoms with E-state index in [-0.39, 0.29) is 18.8 Å². The van der Waals surface area contributed by atoms with E-state index in [9.17, 15) is 9.59 Å². The van der Waals surface area contributed by atoms with Gasteiger partial charge in [0.2, 0.25) is 0 Å². The second-order valence-electron chi connectivity index (χ2n) is 3.10. The maximum atomic E-state index is 11.0. The van der Waals surface area contributed by atoms with Crippen LogP contribution >= 0.6 is 0 Å². The van der Waals surface area contributed by atoms with Crippen molar-refractivity contribution >= 4 is 12.4 Å². The fraction of sp³-hybridized carbons (Fsp3) is 0.273. The number of benzene rings is 1. The monoisotopic (exact) mass is 192 g/mol. The molecule has 74 valence electrons. The van der Waals surface area contributed by atoms with Crippen molar-refractivity contribution in [3.63, 3.8) is 0 Å². The molecule has 1 atom stereocenters. The Labute approximate surface area is 82.7 Å². The van der Waals surface area contributed by atoms with E-state index >= 15 is 0 Å². The first-order valence-electron chi connectivity index (χ1n) is 4.42. The largest absolute Gasteiger partial charge is 0.395 e. The molecular weight excluding hydrogens is 180 g/mol. The first-order valence-corrected chi connectivity index (χ1v) is 4.42. The lowest BCUT2D eigenvalue weighted by Gasteiger charge is -2.08. The number of rotatable bonds is 4. The lowest BCUT2D eigenvalue weighted by Crippen LogP contribution is -2.07. The van der Waals surface area contributed by atoms with Gasteiger partial charge in [-0.05, 0) is 11.5 Å². The zero-order chi connectivity index (χ0) is 10.4. The second kappa shape index (κ2) is 5.17. The van der Waals surface area contributed by atoms with Crippen LogP contribution in [0.15, 0.2) is 30.3 Å². The van der Waals surface area contributed by atoms with Gasteiger partial charge >= 0.3 is 12.4 Å². The van der Waals surface area contributed by atoms with Crippen LogP contribution in [-0.2, 0) is 14.3 Å². The Morgan fingerprint density at radius 1 is 1.43 bits per heavy atom. The van der Waals surface area contributed by atoms with Gasteiger partial charge in [-0.2, -0.15) is 0 Å². The molecule has 0 saturated carbocycles. The Balaban J connectivity index is 2.54. The van der Waals surface area contributed by atoms with Crippen LogP contribution in [0, 0.1) is 0 Å². The Morgan fingerprint density at radius 2 is 2.07 bits per heavy atom. The molecule has 0 radical (unpaired) electrons. The average molecular weight is 192 g/mol. The fourth-order valence-electron chi connectivity index (χ4n) is 1.25. The van der Waals surface area contributed by atoms with Crippen LogP contribution < -0.4 is 0 Å². The molecule has 1 aromatic rings. The topological polar surface area (TPSA) is 43.4 Å². The molecule has 0 aromatic heterocycles. The highest BCUT2D eigenvalue weighted by molar-refractivity contribution is 5.77. The summed E-state index contributed by atoms with van der Waals surface area (Å²) in [6.45, 7) is 2.08. The molecule has 0 aliphatic heterocycles. The first kappa shape index (κ1) is 10.4. The number of carbonyl (C=O) groups excluding carboxylic acids is 2. The van der Waals surface area contributed by atoms with Crippen molar-refractivity contribution in [3.8, 4) is 0 Å². The van der Waals surface area contributed by atoms with Crippen molar-refractivity contribution in [2.75, 3.05) is 0 Å². The van der Waals surface area contributed by atoms with E-state index in [1.54, 1.807) is 0 Å². The van der Waals surface area contributed by atoms with Gasteiger partial charge in [0.1, 0.15) is 0 Å². The highest BCUT2D eigenvalue weighted by Gasteiger charge is 2.11. The van der Waals surface area contributed by atoms with Gasteiger partial charge in [0.25, 0.3) is 0 Å². The van der Waals surface area contributed by atoms with Crippen molar-refractivity contribution < 1.29 is 14.3 Å². The van der Waals surface area contributed by atoms with Crippen LogP contribution in [0.3, 0.4) is 0 Å². The molecule has 0 bridgehead atoms. The van der Waals surface area contributed by atoms with Gasteiger partial charge < -0.3 is 4.74 Å². The molecule has 0 amide bonds. The predicted octanol–water partition coefficient (Wildman–Crippen LogP) is 1.88. The zero-order valence-electron chi connectivity index (χ0n) is 7.97. The molecule has 0 aliphatic carbocycles. The minimum atomic E-state index is -0.489. The molecule has 3 heteroatoms. The molecule has 0 spiro atoms. The molecule has 0 fully saturated rings. The summed E-state index contributed by atoms with van der Waals surface area (Å²) in [5, 5.41) is 0. The van der Waals surface area contributed by atoms with Crippen LogP contribution in [-0.4, -0.2) is 12.4 Å². The number of esters is 1. The molecule has 3 nitrogen and oxygen atoms in total. The van der Waals surface area contributed by atoms with E-state index in [2.05, 4.69) is 4.74 Å². The molecule has 1 aromatic carbocycles. The lowest BCUT2D eigenvalue weighted by atomic mass is 9.98. The maximum absolute atomic E-state index is 11.0. The molecule has 14 heavy (non-hydrogen) atoms. The summed E-state index contributed by atoms with van der Waals surface area (Å²) in [5.41, 5.74) is 1.07. The zero-order valence-corrected chi connectivity index (χ0v) is 7.97. The van der Waals surface area contributed by atoms with Crippen molar-refractivity contribution in [2.24, 2.45) is 0 Å². The summed E-state index contributed by atoms with van der Waals surface area (Å²) in [7, 11) is 0. The highest BCUT2D eigenvalue weighted by Crippen LogP contribution is 2.18. The number of hydrogen-bond acceptors (Lipinski definition) is 3. The van der Waals surface area contributed by atoms with E-state index in [4.69, 9.17) is 0 Å². The van der Waals surface area contributed by atoms with Crippen LogP contribution in [0.25, 0.3) is 0 Å². The summed E-state index contributed by atoms with van der Waals surface area (Å²) < 4.78 is 4.21. The third kappa shape index (κ3) is 3.01. The lowest BCUT2D eigenvalue weighted by molar-refractivity contribution is -0.151. The Hall–Kier alpha value is -1.64. The molecule has 1 unspecified atom stereocenters. The average Bonchev–Trinajstić information content (AvgIpc) is 2.19. The van der Waals surface area contributed by atoms with Crippen LogP contribution in [0.2, 0.25) is 0 Å². The molecular formula is C11H12O3. The smallest absolute Gasteiger partial charge is 0.313 e. The highest BCUT2D eigenvalue weighted by atomic mass is 16.6. The summed E-state index contributed by atoms with van der Waals surface area (Å²) in [5.74, 6) is -0.417. The summed E-state index contributed by atoms with van der Waals surface area (Å²) in [4.78, 5) is 20.9. The third-order valence-corrected chi connectivity index (χ3v) is 2.02. The second-order valence-corrected chi connectivity index (χ2v) is 3.10. The Kier molecular flexibility index (Phi) is 3.85. The van der Waals surface area contributed by atoms with Crippen LogP contribution in [0.1, 0.15) is 24.8 Å². The van der Waals surface area contributed by atoms with E-state index in [1.807, 2.05) is 37.3 Å². The van der Waals surface area contributed by atoms with E-state index in [0.717, 1.165) is 5.56 Å². The van der Waals surface area contributed by atoms with Crippen molar-refractivity contribution in [2.45, 2.75) is 19.3 Å². The standard InChI is InChI=1S/C11H12O3/c1-9(7-11(13)14-8-12)10-5-3-2-4-6-10/h2-6,8-9H,7H2,1H3. The Morgan fingerprint density at radius 3 is 2.64 bits per heavy atom. The molecule has 1 rings (SSSR count). The number of ether oxygens (including phenoxy) is 1. The minimum Gasteiger partial charge on any atom is -0.395 e. The van der Waals surface area contributed by atoms with Gasteiger partial charge in [0.05, 0.1) is 6.42 Å². The predicted molar refractivity (Wildman–Crippen MR) is 51.6 cm³/mol. The number of hydrogen-bond donors (Lipinski definition) is 0. The van der Waals surface area contributed by atoms with Gasteiger partial charge in [-0.3, -0.25) is 9.59 Å². The fourth-order valence-corrected chi connectivity index (χ4v) is 1.25. The Bertz CT molecular complexity index is 306. The minimum absolute atomic E-state index is 0.0728. The van der Waals surface area contributed by atoms with Gasteiger partial charge in [-0.25, -0.2) is 0 Å². The molecule has 0 saturated heterocycles. The van der Waals surface area contributed by atoms with Crippen molar-refractivity contribution in [3.05, 3.63) is 35.9 Å². The normalized spacial score (nSPS) is 11.8. The van der Waals surface area contributed by atoms with E-state index in [1.165, 1.54) is 0 Å². The van der Waals surface area contributed by atoms with Crippen LogP contribution in [0.5, 0.6) is 0 Å². The molecule has 0 N–H and O–H groups in total. The van der Waals surface area contributed by atoms with Gasteiger partial charge in [0.15, 0.2) is 0 Å². The third-order valence-electron chi connectivity index (χ3n) is 2.02. The quantitative estimate of drug-likeness (QED) is 0.415. The van der Waals surface area contributed by atoms with Crippen molar-refractivity contribution in [1.82, 2.24) is 0 Å². The first-order chi connectivity index (χ1) is 6.74. The van der Waals surface area contributed by atoms with E-state index < -0.39 is 5.97 Å². The van der Waals surface area contributed by atoms with Crippen LogP contribution in [0.4, 0.5) is 0 Å². The summed E-state index contributed by atoms with van der Waals surface area (Å²) >= 11 is 0. The molecule has 0 aliphatic rings. The summed E-state index contributed by atoms with van der Waals surface area (Å²) in [6, 6.07) is 9.63.